The number of halogens is 2. The normalized spacial score (nSPS) is 11.1. The summed E-state index contributed by atoms with van der Waals surface area (Å²) in [4.78, 5) is 28.3. The van der Waals surface area contributed by atoms with Crippen molar-refractivity contribution in [1.82, 2.24) is 24.5 Å². The summed E-state index contributed by atoms with van der Waals surface area (Å²) in [5.74, 6) is 0.429. The lowest BCUT2D eigenvalue weighted by Crippen LogP contribution is -2.11. The fourth-order valence-corrected chi connectivity index (χ4v) is 4.16. The van der Waals surface area contributed by atoms with Crippen LogP contribution in [0.25, 0.3) is 33.4 Å². The van der Waals surface area contributed by atoms with Crippen LogP contribution in [-0.4, -0.2) is 30.4 Å². The van der Waals surface area contributed by atoms with Crippen molar-refractivity contribution < 1.29 is 18.3 Å². The van der Waals surface area contributed by atoms with E-state index < -0.39 is 12.1 Å². The predicted octanol–water partition coefficient (Wildman–Crippen LogP) is 5.92. The first-order chi connectivity index (χ1) is 18.7. The molecule has 39 heavy (non-hydrogen) atoms. The van der Waals surface area contributed by atoms with E-state index in [2.05, 4.69) is 31.8 Å². The van der Waals surface area contributed by atoms with E-state index in [1.54, 1.807) is 31.2 Å². The Morgan fingerprint density at radius 1 is 1.03 bits per heavy atom. The average Bonchev–Trinajstić information content (AvgIpc) is 3.23. The molecule has 9 nitrogen and oxygen atoms in total. The van der Waals surface area contributed by atoms with E-state index in [4.69, 9.17) is 10.5 Å². The SMILES string of the molecule is C=C(C)C(=O)Nc1ccc(-c2c(-c3ccc(Oc4nccc(C(F)F)n4)cc3)c3c(N)ncnc3n2C)cc1. The summed E-state index contributed by atoms with van der Waals surface area (Å²) in [6.45, 7) is 5.30. The number of carbonyl (C=O) groups is 1. The smallest absolute Gasteiger partial charge is 0.322 e. The molecule has 0 aliphatic heterocycles. The van der Waals surface area contributed by atoms with Gasteiger partial charge in [-0.05, 0) is 48.4 Å². The molecule has 0 saturated heterocycles. The van der Waals surface area contributed by atoms with Crippen molar-refractivity contribution in [2.24, 2.45) is 7.05 Å². The zero-order valence-electron chi connectivity index (χ0n) is 21.0. The molecular weight excluding hydrogens is 504 g/mol. The van der Waals surface area contributed by atoms with Crippen LogP contribution in [0, 0.1) is 0 Å². The zero-order chi connectivity index (χ0) is 27.7. The summed E-state index contributed by atoms with van der Waals surface area (Å²) >= 11 is 0. The number of benzene rings is 2. The molecule has 3 aromatic heterocycles. The highest BCUT2D eigenvalue weighted by atomic mass is 19.3. The van der Waals surface area contributed by atoms with Gasteiger partial charge < -0.3 is 20.4 Å². The van der Waals surface area contributed by atoms with Gasteiger partial charge in [0.2, 0.25) is 0 Å². The maximum absolute atomic E-state index is 13.0. The number of hydrogen-bond acceptors (Lipinski definition) is 7. The number of alkyl halides is 2. The van der Waals surface area contributed by atoms with Crippen molar-refractivity contribution in [1.29, 1.82) is 0 Å². The molecule has 1 amide bonds. The Kier molecular flexibility index (Phi) is 6.72. The highest BCUT2D eigenvalue weighted by molar-refractivity contribution is 6.08. The van der Waals surface area contributed by atoms with E-state index in [0.29, 0.717) is 33.9 Å². The van der Waals surface area contributed by atoms with Crippen molar-refractivity contribution in [2.45, 2.75) is 13.3 Å². The quantitative estimate of drug-likeness (QED) is 0.252. The second-order valence-electron chi connectivity index (χ2n) is 8.74. The third-order valence-electron chi connectivity index (χ3n) is 6.03. The highest BCUT2D eigenvalue weighted by Crippen LogP contribution is 2.42. The number of hydrogen-bond donors (Lipinski definition) is 2. The maximum atomic E-state index is 13.0. The summed E-state index contributed by atoms with van der Waals surface area (Å²) in [5, 5.41) is 3.48. The van der Waals surface area contributed by atoms with Gasteiger partial charge in [0.05, 0.1) is 11.1 Å². The van der Waals surface area contributed by atoms with Gasteiger partial charge in [-0.3, -0.25) is 4.79 Å². The van der Waals surface area contributed by atoms with Gasteiger partial charge in [-0.15, -0.1) is 0 Å². The maximum Gasteiger partial charge on any atom is 0.322 e. The van der Waals surface area contributed by atoms with Crippen LogP contribution in [0.3, 0.4) is 0 Å². The van der Waals surface area contributed by atoms with Crippen molar-refractivity contribution in [2.75, 3.05) is 11.1 Å². The summed E-state index contributed by atoms with van der Waals surface area (Å²) in [6.07, 6.45) is -0.100. The number of aromatic nitrogens is 5. The van der Waals surface area contributed by atoms with Crippen LogP contribution in [0.15, 0.2) is 79.3 Å². The van der Waals surface area contributed by atoms with Gasteiger partial charge in [0.25, 0.3) is 12.3 Å². The summed E-state index contributed by atoms with van der Waals surface area (Å²) in [7, 11) is 1.88. The molecule has 0 atom stereocenters. The Labute approximate surface area is 222 Å². The monoisotopic (exact) mass is 527 g/mol. The van der Waals surface area contributed by atoms with Crippen LogP contribution < -0.4 is 15.8 Å². The first-order valence-electron chi connectivity index (χ1n) is 11.8. The number of fused-ring (bicyclic) bond motifs is 1. The van der Waals surface area contributed by atoms with E-state index in [1.807, 2.05) is 35.9 Å². The van der Waals surface area contributed by atoms with Crippen LogP contribution in [0.1, 0.15) is 19.0 Å². The van der Waals surface area contributed by atoms with Crippen LogP contribution in [0.4, 0.5) is 20.3 Å². The lowest BCUT2D eigenvalue weighted by atomic mass is 9.98. The number of carbonyl (C=O) groups excluding carboxylic acids is 1. The topological polar surface area (TPSA) is 121 Å². The van der Waals surface area contributed by atoms with E-state index in [-0.39, 0.29) is 11.9 Å². The summed E-state index contributed by atoms with van der Waals surface area (Å²) in [6, 6.07) is 15.4. The predicted molar refractivity (Wildman–Crippen MR) is 144 cm³/mol. The second kappa shape index (κ2) is 10.3. The van der Waals surface area contributed by atoms with E-state index in [9.17, 15) is 13.6 Å². The molecule has 0 bridgehead atoms. The van der Waals surface area contributed by atoms with Crippen molar-refractivity contribution in [3.63, 3.8) is 0 Å². The lowest BCUT2D eigenvalue weighted by molar-refractivity contribution is -0.112. The van der Waals surface area contributed by atoms with Gasteiger partial charge in [0.1, 0.15) is 29.2 Å². The minimum absolute atomic E-state index is 0.178. The number of ether oxygens (including phenoxy) is 1. The highest BCUT2D eigenvalue weighted by Gasteiger charge is 2.22. The number of aryl methyl sites for hydroxylation is 1. The number of amides is 1. The first kappa shape index (κ1) is 25.5. The van der Waals surface area contributed by atoms with Crippen molar-refractivity contribution >= 4 is 28.4 Å². The molecule has 3 heterocycles. The number of rotatable bonds is 7. The molecule has 0 unspecified atom stereocenters. The molecular formula is C28H23F2N7O2. The standard InChI is InChI=1S/C28H23F2N7O2/c1-15(2)27(38)35-18-8-4-17(5-9-18)23-21(22-25(31)33-14-34-26(22)37(23)3)16-6-10-19(11-7-16)39-28-32-13-12-20(36-28)24(29)30/h4-14,24H,1H2,2-3H3,(H,35,38)(H2,31,33,34). The minimum Gasteiger partial charge on any atom is -0.424 e. The first-order valence-corrected chi connectivity index (χ1v) is 11.8. The van der Waals surface area contributed by atoms with Gasteiger partial charge in [0.15, 0.2) is 0 Å². The molecule has 5 rings (SSSR count). The van der Waals surface area contributed by atoms with Gasteiger partial charge >= 0.3 is 6.01 Å². The Bertz CT molecular complexity index is 1700. The Morgan fingerprint density at radius 2 is 1.72 bits per heavy atom. The Balaban J connectivity index is 1.55. The zero-order valence-corrected chi connectivity index (χ0v) is 21.0. The molecule has 0 saturated carbocycles. The summed E-state index contributed by atoms with van der Waals surface area (Å²) < 4.78 is 33.5. The molecule has 11 heteroatoms. The van der Waals surface area contributed by atoms with Gasteiger partial charge in [0, 0.05) is 30.1 Å². The van der Waals surface area contributed by atoms with Crippen molar-refractivity contribution in [3.05, 3.63) is 85.0 Å². The number of anilines is 2. The number of nitrogens with one attached hydrogen (secondary N) is 1. The van der Waals surface area contributed by atoms with Crippen LogP contribution in [0.5, 0.6) is 11.8 Å². The molecule has 196 valence electrons. The Hall–Kier alpha value is -5.19. The largest absolute Gasteiger partial charge is 0.424 e. The van der Waals surface area contributed by atoms with Gasteiger partial charge in [-0.1, -0.05) is 30.8 Å². The van der Waals surface area contributed by atoms with E-state index >= 15 is 0 Å². The molecule has 2 aromatic carbocycles. The molecule has 0 aliphatic carbocycles. The van der Waals surface area contributed by atoms with Crippen LogP contribution >= 0.6 is 0 Å². The molecule has 0 aliphatic rings. The number of nitrogens with zero attached hydrogens (tertiary/aromatic N) is 5. The molecule has 3 N–H and O–H groups in total. The molecule has 5 aromatic rings. The fraction of sp³-hybridized carbons (Fsp3) is 0.107. The van der Waals surface area contributed by atoms with Crippen LogP contribution in [-0.2, 0) is 11.8 Å². The number of nitrogens with two attached hydrogens (primary N) is 1. The Morgan fingerprint density at radius 3 is 2.38 bits per heavy atom. The van der Waals surface area contributed by atoms with Gasteiger partial charge in [-0.2, -0.15) is 4.98 Å². The average molecular weight is 528 g/mol. The third kappa shape index (κ3) is 5.01. The third-order valence-corrected chi connectivity index (χ3v) is 6.03. The summed E-state index contributed by atoms with van der Waals surface area (Å²) in [5.41, 5.74) is 10.9. The van der Waals surface area contributed by atoms with E-state index in [0.717, 1.165) is 28.5 Å². The second-order valence-corrected chi connectivity index (χ2v) is 8.74. The fourth-order valence-electron chi connectivity index (χ4n) is 4.16. The molecule has 0 spiro atoms. The molecule has 0 radical (unpaired) electrons. The van der Waals surface area contributed by atoms with Crippen LogP contribution in [0.2, 0.25) is 0 Å². The lowest BCUT2D eigenvalue weighted by Gasteiger charge is -2.11. The molecule has 0 fully saturated rings. The minimum atomic E-state index is -2.73. The van der Waals surface area contributed by atoms with Gasteiger partial charge in [-0.25, -0.2) is 23.7 Å². The number of nitrogen functional groups attached to an aromatic ring is 1. The van der Waals surface area contributed by atoms with Crippen molar-refractivity contribution in [3.8, 4) is 34.1 Å². The van der Waals surface area contributed by atoms with E-state index in [1.165, 1.54) is 12.5 Å².